The number of hydrogen-bond acceptors (Lipinski definition) is 3. The molecule has 0 aromatic carbocycles. The largest absolute Gasteiger partial charge is 0.305 e. The van der Waals surface area contributed by atoms with Crippen molar-refractivity contribution in [2.75, 3.05) is 46.3 Å². The summed E-state index contributed by atoms with van der Waals surface area (Å²) in [4.78, 5) is 8.19. The fourth-order valence-electron chi connectivity index (χ4n) is 5.82. The average Bonchev–Trinajstić information content (AvgIpc) is 2.54. The predicted molar refractivity (Wildman–Crippen MR) is 96.8 cm³/mol. The second-order valence-corrected chi connectivity index (χ2v) is 9.41. The van der Waals surface area contributed by atoms with Crippen molar-refractivity contribution in [3.8, 4) is 0 Å². The number of rotatable bonds is 2. The smallest absolute Gasteiger partial charge is 0.0223 e. The molecule has 0 N–H and O–H groups in total. The lowest BCUT2D eigenvalue weighted by Crippen LogP contribution is -2.62. The molecule has 23 heavy (non-hydrogen) atoms. The van der Waals surface area contributed by atoms with E-state index in [2.05, 4.69) is 28.7 Å². The Hall–Kier alpha value is -0.120. The normalized spacial score (nSPS) is 35.5. The van der Waals surface area contributed by atoms with Crippen molar-refractivity contribution >= 4 is 0 Å². The monoisotopic (exact) mass is 319 g/mol. The lowest BCUT2D eigenvalue weighted by molar-refractivity contribution is -0.0771. The molecule has 3 heterocycles. The van der Waals surface area contributed by atoms with Crippen molar-refractivity contribution in [2.45, 2.75) is 70.4 Å². The van der Waals surface area contributed by atoms with Crippen LogP contribution in [0.3, 0.4) is 0 Å². The van der Waals surface area contributed by atoms with Crippen LogP contribution in [0.4, 0.5) is 0 Å². The zero-order valence-corrected chi connectivity index (χ0v) is 15.5. The summed E-state index contributed by atoms with van der Waals surface area (Å²) in [6.07, 6.45) is 11.7. The van der Waals surface area contributed by atoms with Gasteiger partial charge in [0.05, 0.1) is 0 Å². The Labute approximate surface area is 143 Å². The van der Waals surface area contributed by atoms with E-state index in [4.69, 9.17) is 0 Å². The number of hydrogen-bond donors (Lipinski definition) is 0. The Balaban J connectivity index is 1.22. The van der Waals surface area contributed by atoms with E-state index in [0.717, 1.165) is 23.4 Å². The number of nitrogens with zero attached hydrogens (tertiary/aromatic N) is 3. The molecule has 4 fully saturated rings. The molecule has 0 aromatic heterocycles. The molecule has 1 aliphatic carbocycles. The third-order valence-corrected chi connectivity index (χ3v) is 7.54. The van der Waals surface area contributed by atoms with Crippen LogP contribution in [0.15, 0.2) is 0 Å². The topological polar surface area (TPSA) is 9.72 Å². The van der Waals surface area contributed by atoms with E-state index in [0.29, 0.717) is 0 Å². The molecule has 4 aliphatic rings. The van der Waals surface area contributed by atoms with Crippen LogP contribution in [0, 0.1) is 11.3 Å². The Kier molecular flexibility index (Phi) is 4.73. The van der Waals surface area contributed by atoms with E-state index in [9.17, 15) is 0 Å². The van der Waals surface area contributed by atoms with Crippen molar-refractivity contribution in [2.24, 2.45) is 11.3 Å². The molecule has 1 unspecified atom stereocenters. The Morgan fingerprint density at radius 1 is 0.783 bits per heavy atom. The van der Waals surface area contributed by atoms with Crippen molar-refractivity contribution in [1.29, 1.82) is 0 Å². The first-order valence-electron chi connectivity index (χ1n) is 10.3. The third-order valence-electron chi connectivity index (χ3n) is 7.54. The Morgan fingerprint density at radius 3 is 2.13 bits per heavy atom. The van der Waals surface area contributed by atoms with Crippen LogP contribution in [0.5, 0.6) is 0 Å². The van der Waals surface area contributed by atoms with E-state index in [1.807, 2.05) is 0 Å². The number of likely N-dealkylation sites (tertiary alicyclic amines) is 3. The number of likely N-dealkylation sites (N-methyl/N-ethyl adjacent to an activating group) is 1. The first-order chi connectivity index (χ1) is 11.1. The highest BCUT2D eigenvalue weighted by molar-refractivity contribution is 5.00. The van der Waals surface area contributed by atoms with Gasteiger partial charge >= 0.3 is 0 Å². The minimum Gasteiger partial charge on any atom is -0.305 e. The zero-order valence-electron chi connectivity index (χ0n) is 15.5. The van der Waals surface area contributed by atoms with Gasteiger partial charge in [-0.3, -0.25) is 9.80 Å². The standard InChI is InChI=1S/C20H37N3/c1-17-5-9-20(10-6-17)15-23(16-20)18-7-12-22(13-8-18)19-4-3-11-21(2)14-19/h17-19H,3-16H2,1-2H3. The lowest BCUT2D eigenvalue weighted by Gasteiger charge is -2.57. The summed E-state index contributed by atoms with van der Waals surface area (Å²) in [7, 11) is 2.30. The van der Waals surface area contributed by atoms with E-state index in [1.54, 1.807) is 0 Å². The fraction of sp³-hybridized carbons (Fsp3) is 1.00. The summed E-state index contributed by atoms with van der Waals surface area (Å²) in [6.45, 7) is 10.6. The summed E-state index contributed by atoms with van der Waals surface area (Å²) in [5.41, 5.74) is 0.746. The molecule has 3 nitrogen and oxygen atoms in total. The van der Waals surface area contributed by atoms with Crippen molar-refractivity contribution in [1.82, 2.24) is 14.7 Å². The SMILES string of the molecule is CC1CCC2(CC1)CN(C1CCN(C3CCCN(C)C3)CC1)C2. The molecule has 0 aromatic rings. The van der Waals surface area contributed by atoms with Crippen LogP contribution in [0.1, 0.15) is 58.3 Å². The van der Waals surface area contributed by atoms with Gasteiger partial charge in [0.15, 0.2) is 0 Å². The average molecular weight is 320 g/mol. The molecule has 3 saturated heterocycles. The highest BCUT2D eigenvalue weighted by Gasteiger charge is 2.47. The van der Waals surface area contributed by atoms with Gasteiger partial charge < -0.3 is 4.90 Å². The maximum Gasteiger partial charge on any atom is 0.0223 e. The second-order valence-electron chi connectivity index (χ2n) is 9.41. The summed E-state index contributed by atoms with van der Waals surface area (Å²) >= 11 is 0. The van der Waals surface area contributed by atoms with Gasteiger partial charge in [-0.15, -0.1) is 0 Å². The van der Waals surface area contributed by atoms with Crippen LogP contribution in [0.2, 0.25) is 0 Å². The van der Waals surface area contributed by atoms with Crippen LogP contribution in [-0.2, 0) is 0 Å². The lowest BCUT2D eigenvalue weighted by atomic mass is 9.65. The molecule has 0 radical (unpaired) electrons. The summed E-state index contributed by atoms with van der Waals surface area (Å²) < 4.78 is 0. The molecule has 1 saturated carbocycles. The van der Waals surface area contributed by atoms with Crippen LogP contribution in [0.25, 0.3) is 0 Å². The van der Waals surface area contributed by atoms with Gasteiger partial charge in [0, 0.05) is 31.7 Å². The highest BCUT2D eigenvalue weighted by atomic mass is 15.3. The summed E-state index contributed by atoms with van der Waals surface area (Å²) in [5, 5.41) is 0. The molecular formula is C20H37N3. The van der Waals surface area contributed by atoms with Gasteiger partial charge in [0.25, 0.3) is 0 Å². The Bertz CT molecular complexity index is 386. The summed E-state index contributed by atoms with van der Waals surface area (Å²) in [6, 6.07) is 1.75. The van der Waals surface area contributed by atoms with Gasteiger partial charge in [-0.05, 0) is 76.5 Å². The van der Waals surface area contributed by atoms with Crippen molar-refractivity contribution in [3.05, 3.63) is 0 Å². The van der Waals surface area contributed by atoms with E-state index >= 15 is 0 Å². The molecule has 132 valence electrons. The fourth-order valence-corrected chi connectivity index (χ4v) is 5.82. The van der Waals surface area contributed by atoms with E-state index in [1.165, 1.54) is 90.6 Å². The van der Waals surface area contributed by atoms with Gasteiger partial charge in [-0.1, -0.05) is 19.8 Å². The second kappa shape index (κ2) is 6.65. The summed E-state index contributed by atoms with van der Waals surface area (Å²) in [5.74, 6) is 0.992. The van der Waals surface area contributed by atoms with Gasteiger partial charge in [-0.25, -0.2) is 0 Å². The molecule has 1 atom stereocenters. The molecule has 3 heteroatoms. The first-order valence-corrected chi connectivity index (χ1v) is 10.3. The van der Waals surface area contributed by atoms with Crippen molar-refractivity contribution in [3.63, 3.8) is 0 Å². The van der Waals surface area contributed by atoms with Crippen molar-refractivity contribution < 1.29 is 0 Å². The zero-order chi connectivity index (χ0) is 15.9. The minimum absolute atomic E-state index is 0.746. The quantitative estimate of drug-likeness (QED) is 0.774. The minimum atomic E-state index is 0.746. The molecule has 0 bridgehead atoms. The molecule has 1 spiro atoms. The van der Waals surface area contributed by atoms with Crippen LogP contribution < -0.4 is 0 Å². The third kappa shape index (κ3) is 3.48. The van der Waals surface area contributed by atoms with Gasteiger partial charge in [0.1, 0.15) is 0 Å². The number of piperidine rings is 2. The van der Waals surface area contributed by atoms with E-state index < -0.39 is 0 Å². The maximum absolute atomic E-state index is 2.85. The molecule has 3 aliphatic heterocycles. The van der Waals surface area contributed by atoms with Crippen LogP contribution in [-0.4, -0.2) is 73.1 Å². The van der Waals surface area contributed by atoms with Gasteiger partial charge in [-0.2, -0.15) is 0 Å². The Morgan fingerprint density at radius 2 is 1.48 bits per heavy atom. The first kappa shape index (κ1) is 16.4. The van der Waals surface area contributed by atoms with E-state index in [-0.39, 0.29) is 0 Å². The predicted octanol–water partition coefficient (Wildman–Crippen LogP) is 3.06. The van der Waals surface area contributed by atoms with Crippen LogP contribution >= 0.6 is 0 Å². The van der Waals surface area contributed by atoms with Gasteiger partial charge in [0.2, 0.25) is 0 Å². The maximum atomic E-state index is 2.85. The molecule has 0 amide bonds. The molecule has 4 rings (SSSR count). The highest BCUT2D eigenvalue weighted by Crippen LogP contribution is 2.47. The molecular weight excluding hydrogens is 282 g/mol.